The van der Waals surface area contributed by atoms with Crippen LogP contribution < -0.4 is 0 Å². The molecule has 3 aromatic rings. The van der Waals surface area contributed by atoms with Gasteiger partial charge in [-0.2, -0.15) is 0 Å². The molecule has 1 fully saturated rings. The molecule has 4 rings (SSSR count). The molecule has 1 aliphatic carbocycles. The van der Waals surface area contributed by atoms with Gasteiger partial charge in [0.2, 0.25) is 0 Å². The number of hydrogen-bond acceptors (Lipinski definition) is 4. The molecule has 0 bridgehead atoms. The number of aromatic nitrogens is 4. The third-order valence-corrected chi connectivity index (χ3v) is 6.28. The zero-order valence-electron chi connectivity index (χ0n) is 15.3. The Morgan fingerprint density at radius 2 is 2.00 bits per heavy atom. The van der Waals surface area contributed by atoms with Gasteiger partial charge in [-0.1, -0.05) is 37.1 Å². The molecule has 0 spiro atoms. The van der Waals surface area contributed by atoms with E-state index in [9.17, 15) is 4.79 Å². The lowest BCUT2D eigenvalue weighted by atomic mass is 9.95. The van der Waals surface area contributed by atoms with E-state index in [0.29, 0.717) is 11.8 Å². The van der Waals surface area contributed by atoms with Crippen molar-refractivity contribution in [1.82, 2.24) is 19.2 Å². The average Bonchev–Trinajstić information content (AvgIpc) is 3.21. The summed E-state index contributed by atoms with van der Waals surface area (Å²) in [6, 6.07) is 8.41. The van der Waals surface area contributed by atoms with Crippen LogP contribution in [0.2, 0.25) is 0 Å². The summed E-state index contributed by atoms with van der Waals surface area (Å²) < 4.78 is 4.31. The predicted octanol–water partition coefficient (Wildman–Crippen LogP) is 4.63. The average molecular weight is 369 g/mol. The summed E-state index contributed by atoms with van der Waals surface area (Å²) in [4.78, 5) is 12.9. The number of Topliss-reactive ketones (excluding diaryl/α,β-unsaturated/α-hetero) is 1. The number of hydrogen-bond donors (Lipinski definition) is 0. The van der Waals surface area contributed by atoms with Crippen LogP contribution in [0.15, 0.2) is 35.6 Å². The van der Waals surface area contributed by atoms with Gasteiger partial charge >= 0.3 is 0 Å². The molecule has 1 saturated carbocycles. The molecule has 5 nitrogen and oxygen atoms in total. The van der Waals surface area contributed by atoms with E-state index in [1.54, 1.807) is 0 Å². The fourth-order valence-corrected chi connectivity index (χ4v) is 4.89. The monoisotopic (exact) mass is 368 g/mol. The quantitative estimate of drug-likeness (QED) is 0.487. The second-order valence-electron chi connectivity index (χ2n) is 7.07. The summed E-state index contributed by atoms with van der Waals surface area (Å²) >= 11 is 1.45. The van der Waals surface area contributed by atoms with Gasteiger partial charge in [0.05, 0.1) is 5.75 Å². The van der Waals surface area contributed by atoms with Gasteiger partial charge in [-0.15, -0.1) is 10.2 Å². The Kier molecular flexibility index (Phi) is 4.85. The molecule has 0 atom stereocenters. The summed E-state index contributed by atoms with van der Waals surface area (Å²) in [6.07, 6.45) is 8.30. The van der Waals surface area contributed by atoms with E-state index in [4.69, 9.17) is 0 Å². The van der Waals surface area contributed by atoms with Crippen LogP contribution in [0, 0.1) is 13.8 Å². The SMILES string of the molecule is Cc1cc(C(=O)CSc2nnc3ccccn23)c(C)n1C1CCCCC1. The zero-order valence-corrected chi connectivity index (χ0v) is 16.1. The van der Waals surface area contributed by atoms with Gasteiger partial charge in [-0.25, -0.2) is 0 Å². The molecule has 1 aliphatic rings. The molecule has 0 radical (unpaired) electrons. The minimum atomic E-state index is 0.165. The van der Waals surface area contributed by atoms with Crippen LogP contribution in [0.1, 0.15) is 59.9 Å². The largest absolute Gasteiger partial charge is 0.345 e. The molecule has 0 aliphatic heterocycles. The van der Waals surface area contributed by atoms with Crippen molar-refractivity contribution in [2.24, 2.45) is 0 Å². The lowest BCUT2D eigenvalue weighted by Crippen LogP contribution is -2.16. The van der Waals surface area contributed by atoms with Crippen LogP contribution in [0.4, 0.5) is 0 Å². The van der Waals surface area contributed by atoms with Crippen molar-refractivity contribution in [2.45, 2.75) is 57.1 Å². The van der Waals surface area contributed by atoms with Crippen LogP contribution in [-0.2, 0) is 0 Å². The molecule has 0 amide bonds. The summed E-state index contributed by atoms with van der Waals surface area (Å²) in [5.41, 5.74) is 3.98. The van der Waals surface area contributed by atoms with Gasteiger partial charge in [-0.3, -0.25) is 9.20 Å². The fraction of sp³-hybridized carbons (Fsp3) is 0.450. The highest BCUT2D eigenvalue weighted by Crippen LogP contribution is 2.32. The van der Waals surface area contributed by atoms with E-state index in [1.807, 2.05) is 28.8 Å². The highest BCUT2D eigenvalue weighted by Gasteiger charge is 2.22. The van der Waals surface area contributed by atoms with E-state index in [-0.39, 0.29) is 5.78 Å². The van der Waals surface area contributed by atoms with Crippen molar-refractivity contribution in [2.75, 3.05) is 5.75 Å². The molecule has 26 heavy (non-hydrogen) atoms. The lowest BCUT2D eigenvalue weighted by molar-refractivity contribution is 0.102. The number of pyridine rings is 1. The Bertz CT molecular complexity index is 937. The van der Waals surface area contributed by atoms with Crippen molar-refractivity contribution in [1.29, 1.82) is 0 Å². The Hall–Kier alpha value is -2.08. The summed E-state index contributed by atoms with van der Waals surface area (Å²) in [5.74, 6) is 0.544. The molecule has 0 unspecified atom stereocenters. The van der Waals surface area contributed by atoms with Gasteiger partial charge in [0, 0.05) is 29.2 Å². The van der Waals surface area contributed by atoms with E-state index >= 15 is 0 Å². The standard InChI is InChI=1S/C20H24N4OS/c1-14-12-17(15(2)24(14)16-8-4-3-5-9-16)18(25)13-26-20-22-21-19-10-6-7-11-23(19)20/h6-7,10-12,16H,3-5,8-9,13H2,1-2H3. The number of carbonyl (C=O) groups excluding carboxylic acids is 1. The Balaban J connectivity index is 1.51. The van der Waals surface area contributed by atoms with Crippen LogP contribution in [0.5, 0.6) is 0 Å². The molecule has 6 heteroatoms. The maximum absolute atomic E-state index is 12.9. The first-order valence-corrected chi connectivity index (χ1v) is 10.3. The number of ketones is 1. The second-order valence-corrected chi connectivity index (χ2v) is 8.01. The zero-order chi connectivity index (χ0) is 18.1. The van der Waals surface area contributed by atoms with Gasteiger partial charge in [0.25, 0.3) is 0 Å². The van der Waals surface area contributed by atoms with Gasteiger partial charge in [-0.05, 0) is 44.9 Å². The number of aryl methyl sites for hydroxylation is 1. The first-order chi connectivity index (χ1) is 12.6. The topological polar surface area (TPSA) is 52.2 Å². The maximum Gasteiger partial charge on any atom is 0.196 e. The van der Waals surface area contributed by atoms with Crippen LogP contribution in [-0.4, -0.2) is 30.7 Å². The van der Waals surface area contributed by atoms with E-state index in [0.717, 1.165) is 22.1 Å². The Labute approximate surface area is 157 Å². The molecular formula is C20H24N4OS. The van der Waals surface area contributed by atoms with Gasteiger partial charge in [0.1, 0.15) is 0 Å². The summed E-state index contributed by atoms with van der Waals surface area (Å²) in [6.45, 7) is 4.21. The van der Waals surface area contributed by atoms with Crippen molar-refractivity contribution in [3.8, 4) is 0 Å². The van der Waals surface area contributed by atoms with Crippen LogP contribution in [0.3, 0.4) is 0 Å². The normalized spacial score (nSPS) is 15.6. The van der Waals surface area contributed by atoms with Crippen molar-refractivity contribution in [3.63, 3.8) is 0 Å². The molecular weight excluding hydrogens is 344 g/mol. The van der Waals surface area contributed by atoms with Crippen LogP contribution >= 0.6 is 11.8 Å². The lowest BCUT2D eigenvalue weighted by Gasteiger charge is -2.26. The van der Waals surface area contributed by atoms with Gasteiger partial charge < -0.3 is 4.57 Å². The first kappa shape index (κ1) is 17.3. The number of nitrogens with zero attached hydrogens (tertiary/aromatic N) is 4. The van der Waals surface area contributed by atoms with Crippen molar-refractivity contribution in [3.05, 3.63) is 47.4 Å². The molecule has 136 valence electrons. The highest BCUT2D eigenvalue weighted by molar-refractivity contribution is 7.99. The summed E-state index contributed by atoms with van der Waals surface area (Å²) in [5, 5.41) is 9.10. The number of thioether (sulfide) groups is 1. The number of rotatable bonds is 5. The molecule has 3 heterocycles. The predicted molar refractivity (Wildman–Crippen MR) is 104 cm³/mol. The highest BCUT2D eigenvalue weighted by atomic mass is 32.2. The minimum Gasteiger partial charge on any atom is -0.345 e. The third kappa shape index (κ3) is 3.18. The molecule has 0 saturated heterocycles. The van der Waals surface area contributed by atoms with Crippen molar-refractivity contribution >= 4 is 23.2 Å². The first-order valence-electron chi connectivity index (χ1n) is 9.29. The third-order valence-electron chi connectivity index (χ3n) is 5.34. The van der Waals surface area contributed by atoms with Crippen molar-refractivity contribution < 1.29 is 4.79 Å². The van der Waals surface area contributed by atoms with E-state index < -0.39 is 0 Å². The minimum absolute atomic E-state index is 0.165. The number of carbonyl (C=O) groups is 1. The number of fused-ring (bicyclic) bond motifs is 1. The van der Waals surface area contributed by atoms with Crippen LogP contribution in [0.25, 0.3) is 5.65 Å². The van der Waals surface area contributed by atoms with E-state index in [2.05, 4.69) is 34.7 Å². The molecule has 0 aromatic carbocycles. The molecule has 3 aromatic heterocycles. The second kappa shape index (κ2) is 7.27. The smallest absolute Gasteiger partial charge is 0.196 e. The summed E-state index contributed by atoms with van der Waals surface area (Å²) in [7, 11) is 0. The molecule has 0 N–H and O–H groups in total. The Morgan fingerprint density at radius 3 is 2.81 bits per heavy atom. The van der Waals surface area contributed by atoms with Gasteiger partial charge in [0.15, 0.2) is 16.6 Å². The van der Waals surface area contributed by atoms with E-state index in [1.165, 1.54) is 49.6 Å². The fourth-order valence-electron chi connectivity index (χ4n) is 4.09. The Morgan fingerprint density at radius 1 is 1.19 bits per heavy atom. The maximum atomic E-state index is 12.9.